The van der Waals surface area contributed by atoms with E-state index in [0.29, 0.717) is 30.3 Å². The van der Waals surface area contributed by atoms with Gasteiger partial charge in [-0.05, 0) is 55.3 Å². The highest BCUT2D eigenvalue weighted by molar-refractivity contribution is 6.30. The summed E-state index contributed by atoms with van der Waals surface area (Å²) in [5, 5.41) is 7.17. The maximum atomic E-state index is 12.1. The molecule has 0 aromatic heterocycles. The van der Waals surface area contributed by atoms with Crippen molar-refractivity contribution in [1.82, 2.24) is 15.5 Å². The Morgan fingerprint density at radius 1 is 1.14 bits per heavy atom. The predicted molar refractivity (Wildman–Crippen MR) is 119 cm³/mol. The van der Waals surface area contributed by atoms with E-state index in [4.69, 9.17) is 16.3 Å². The molecular weight excluding hydrogens is 388 g/mol. The number of hydrogen-bond donors (Lipinski definition) is 2. The van der Waals surface area contributed by atoms with Gasteiger partial charge in [0.2, 0.25) is 0 Å². The molecule has 0 aliphatic rings. The number of amides is 1. The summed E-state index contributed by atoms with van der Waals surface area (Å²) in [7, 11) is 3.51. The van der Waals surface area contributed by atoms with E-state index in [9.17, 15) is 4.79 Å². The first-order valence-electron chi connectivity index (χ1n) is 9.70. The highest BCUT2D eigenvalue weighted by Crippen LogP contribution is 2.15. The van der Waals surface area contributed by atoms with Crippen LogP contribution in [0, 0.1) is 0 Å². The number of hydrogen-bond acceptors (Lipinski definition) is 3. The third-order valence-corrected chi connectivity index (χ3v) is 4.32. The minimum atomic E-state index is 0.00560. The highest BCUT2D eigenvalue weighted by atomic mass is 35.5. The zero-order valence-electron chi connectivity index (χ0n) is 17.2. The molecule has 0 aliphatic carbocycles. The molecular formula is C22H29ClN4O2. The number of nitrogens with zero attached hydrogens (tertiary/aromatic N) is 2. The van der Waals surface area contributed by atoms with Gasteiger partial charge in [0, 0.05) is 37.8 Å². The molecule has 0 saturated heterocycles. The number of benzene rings is 2. The zero-order valence-corrected chi connectivity index (χ0v) is 18.0. The maximum absolute atomic E-state index is 12.1. The fourth-order valence-electron chi connectivity index (χ4n) is 2.63. The SMILES string of the molecule is CCNC(=NCCc1cccc(C(=O)N(C)C)c1)NCCOc1ccc(Cl)cc1. The lowest BCUT2D eigenvalue weighted by molar-refractivity contribution is 0.0827. The summed E-state index contributed by atoms with van der Waals surface area (Å²) in [6.07, 6.45) is 0.756. The van der Waals surface area contributed by atoms with Crippen LogP contribution < -0.4 is 15.4 Å². The van der Waals surface area contributed by atoms with E-state index in [1.807, 2.05) is 43.3 Å². The Balaban J connectivity index is 1.81. The van der Waals surface area contributed by atoms with Crippen molar-refractivity contribution in [3.63, 3.8) is 0 Å². The highest BCUT2D eigenvalue weighted by Gasteiger charge is 2.08. The van der Waals surface area contributed by atoms with Gasteiger partial charge in [-0.25, -0.2) is 0 Å². The lowest BCUT2D eigenvalue weighted by atomic mass is 10.1. The summed E-state index contributed by atoms with van der Waals surface area (Å²) in [6, 6.07) is 15.0. The molecule has 2 aromatic rings. The molecule has 1 amide bonds. The van der Waals surface area contributed by atoms with Crippen LogP contribution in [0.4, 0.5) is 0 Å². The molecule has 156 valence electrons. The van der Waals surface area contributed by atoms with Crippen molar-refractivity contribution in [2.75, 3.05) is 40.3 Å². The van der Waals surface area contributed by atoms with Gasteiger partial charge < -0.3 is 20.3 Å². The fourth-order valence-corrected chi connectivity index (χ4v) is 2.75. The van der Waals surface area contributed by atoms with Crippen molar-refractivity contribution in [3.05, 3.63) is 64.7 Å². The molecule has 29 heavy (non-hydrogen) atoms. The van der Waals surface area contributed by atoms with Crippen LogP contribution in [0.2, 0.25) is 5.02 Å². The Morgan fingerprint density at radius 2 is 1.90 bits per heavy atom. The van der Waals surface area contributed by atoms with Crippen LogP contribution in [0.3, 0.4) is 0 Å². The van der Waals surface area contributed by atoms with E-state index in [0.717, 1.165) is 30.2 Å². The summed E-state index contributed by atoms with van der Waals surface area (Å²) in [4.78, 5) is 18.3. The summed E-state index contributed by atoms with van der Waals surface area (Å²) < 4.78 is 5.68. The van der Waals surface area contributed by atoms with Crippen molar-refractivity contribution in [2.45, 2.75) is 13.3 Å². The second kappa shape index (κ2) is 12.0. The van der Waals surface area contributed by atoms with Gasteiger partial charge in [0.05, 0.1) is 6.54 Å². The Morgan fingerprint density at radius 3 is 2.59 bits per heavy atom. The summed E-state index contributed by atoms with van der Waals surface area (Å²) in [5.41, 5.74) is 1.78. The molecule has 0 atom stereocenters. The van der Waals surface area contributed by atoms with Crippen molar-refractivity contribution in [2.24, 2.45) is 4.99 Å². The van der Waals surface area contributed by atoms with Crippen LogP contribution in [0.15, 0.2) is 53.5 Å². The third kappa shape index (κ3) is 8.03. The van der Waals surface area contributed by atoms with E-state index < -0.39 is 0 Å². The number of nitrogens with one attached hydrogen (secondary N) is 2. The number of carbonyl (C=O) groups excluding carboxylic acids is 1. The largest absolute Gasteiger partial charge is 0.492 e. The van der Waals surface area contributed by atoms with Crippen LogP contribution in [0.1, 0.15) is 22.8 Å². The summed E-state index contributed by atoms with van der Waals surface area (Å²) in [6.45, 7) is 4.56. The molecule has 0 radical (unpaired) electrons. The Labute approximate surface area is 177 Å². The average Bonchev–Trinajstić information content (AvgIpc) is 2.72. The summed E-state index contributed by atoms with van der Waals surface area (Å²) in [5.74, 6) is 1.53. The molecule has 0 heterocycles. The Kier molecular flexibility index (Phi) is 9.31. The molecule has 0 bridgehead atoms. The molecule has 6 nitrogen and oxygen atoms in total. The topological polar surface area (TPSA) is 66.0 Å². The minimum Gasteiger partial charge on any atom is -0.492 e. The van der Waals surface area contributed by atoms with Gasteiger partial charge in [0.25, 0.3) is 5.91 Å². The number of guanidine groups is 1. The lowest BCUT2D eigenvalue weighted by Gasteiger charge is -2.13. The number of aliphatic imine (C=N–C) groups is 1. The first-order chi connectivity index (χ1) is 14.0. The number of halogens is 1. The summed E-state index contributed by atoms with van der Waals surface area (Å²) >= 11 is 5.87. The Bertz CT molecular complexity index is 807. The number of rotatable bonds is 9. The minimum absolute atomic E-state index is 0.00560. The molecule has 0 saturated carbocycles. The quantitative estimate of drug-likeness (QED) is 0.374. The first-order valence-corrected chi connectivity index (χ1v) is 10.1. The molecule has 0 spiro atoms. The second-order valence-electron chi connectivity index (χ2n) is 6.64. The van der Waals surface area contributed by atoms with Gasteiger partial charge in [-0.1, -0.05) is 23.7 Å². The normalized spacial score (nSPS) is 11.1. The van der Waals surface area contributed by atoms with Gasteiger partial charge >= 0.3 is 0 Å². The van der Waals surface area contributed by atoms with Gasteiger partial charge in [-0.3, -0.25) is 9.79 Å². The fraction of sp³-hybridized carbons (Fsp3) is 0.364. The zero-order chi connectivity index (χ0) is 21.1. The molecule has 2 rings (SSSR count). The van der Waals surface area contributed by atoms with Gasteiger partial charge in [0.15, 0.2) is 5.96 Å². The smallest absolute Gasteiger partial charge is 0.253 e. The molecule has 0 fully saturated rings. The van der Waals surface area contributed by atoms with Crippen LogP contribution >= 0.6 is 11.6 Å². The first kappa shape index (κ1) is 22.6. The monoisotopic (exact) mass is 416 g/mol. The predicted octanol–water partition coefficient (Wildman–Crippen LogP) is 3.22. The Hall–Kier alpha value is -2.73. The van der Waals surface area contributed by atoms with Crippen LogP contribution in [-0.2, 0) is 6.42 Å². The van der Waals surface area contributed by atoms with Crippen molar-refractivity contribution in [3.8, 4) is 5.75 Å². The third-order valence-electron chi connectivity index (χ3n) is 4.07. The van der Waals surface area contributed by atoms with Gasteiger partial charge in [-0.2, -0.15) is 0 Å². The maximum Gasteiger partial charge on any atom is 0.253 e. The van der Waals surface area contributed by atoms with Crippen molar-refractivity contribution in [1.29, 1.82) is 0 Å². The van der Waals surface area contributed by atoms with Crippen LogP contribution in [0.25, 0.3) is 0 Å². The molecule has 7 heteroatoms. The standard InChI is InChI=1S/C22H29ClN4O2/c1-4-24-22(26-14-15-29-20-10-8-19(23)9-11-20)25-13-12-17-6-5-7-18(16-17)21(28)27(2)3/h5-11,16H,4,12-15H2,1-3H3,(H2,24,25,26). The molecule has 2 aromatic carbocycles. The van der Waals surface area contributed by atoms with E-state index in [-0.39, 0.29) is 5.91 Å². The van der Waals surface area contributed by atoms with E-state index >= 15 is 0 Å². The molecule has 0 unspecified atom stereocenters. The van der Waals surface area contributed by atoms with Crippen molar-refractivity contribution >= 4 is 23.5 Å². The van der Waals surface area contributed by atoms with Crippen LogP contribution in [0.5, 0.6) is 5.75 Å². The van der Waals surface area contributed by atoms with Crippen LogP contribution in [-0.4, -0.2) is 57.1 Å². The van der Waals surface area contributed by atoms with Crippen molar-refractivity contribution < 1.29 is 9.53 Å². The van der Waals surface area contributed by atoms with E-state index in [2.05, 4.69) is 15.6 Å². The molecule has 2 N–H and O–H groups in total. The lowest BCUT2D eigenvalue weighted by Crippen LogP contribution is -2.39. The van der Waals surface area contributed by atoms with E-state index in [1.54, 1.807) is 31.1 Å². The van der Waals surface area contributed by atoms with E-state index in [1.165, 1.54) is 0 Å². The van der Waals surface area contributed by atoms with Gasteiger partial charge in [-0.15, -0.1) is 0 Å². The van der Waals surface area contributed by atoms with Gasteiger partial charge in [0.1, 0.15) is 12.4 Å². The molecule has 0 aliphatic heterocycles. The average molecular weight is 417 g/mol. The number of carbonyl (C=O) groups is 1. The second-order valence-corrected chi connectivity index (χ2v) is 7.08. The number of ether oxygens (including phenoxy) is 1.